The number of aliphatic hydroxyl groups is 1. The molecule has 0 aliphatic heterocycles. The van der Waals surface area contributed by atoms with Crippen molar-refractivity contribution in [2.75, 3.05) is 13.3 Å². The second kappa shape index (κ2) is 11.2. The largest absolute Gasteiger partial charge is 0.477 e. The Balaban J connectivity index is 5.25. The maximum Gasteiger partial charge on any atom is 0.362 e. The molecule has 0 bridgehead atoms. The van der Waals surface area contributed by atoms with Crippen LogP contribution < -0.4 is 0 Å². The number of nitrogens with zero attached hydrogens (tertiary/aromatic N) is 1. The van der Waals surface area contributed by atoms with E-state index in [1.165, 1.54) is 0 Å². The minimum atomic E-state index is -1.05. The SMILES string of the molecule is C/C=C/CCCCC[N+](CO)(C(CC)C(=O)O)C(CC)C(=O)O. The maximum atomic E-state index is 11.6. The van der Waals surface area contributed by atoms with Crippen molar-refractivity contribution in [2.24, 2.45) is 0 Å². The van der Waals surface area contributed by atoms with Crippen LogP contribution in [0.25, 0.3) is 0 Å². The summed E-state index contributed by atoms with van der Waals surface area (Å²) in [6, 6.07) is -1.81. The number of allylic oxidation sites excluding steroid dienone is 2. The summed E-state index contributed by atoms with van der Waals surface area (Å²) in [5.41, 5.74) is 0. The molecule has 0 radical (unpaired) electrons. The van der Waals surface area contributed by atoms with E-state index in [4.69, 9.17) is 0 Å². The first-order chi connectivity index (χ1) is 10.9. The highest BCUT2D eigenvalue weighted by molar-refractivity contribution is 5.75. The summed E-state index contributed by atoms with van der Waals surface area (Å²) in [5.74, 6) is -2.09. The van der Waals surface area contributed by atoms with E-state index < -0.39 is 30.8 Å². The second-order valence-electron chi connectivity index (χ2n) is 5.91. The highest BCUT2D eigenvalue weighted by Crippen LogP contribution is 2.26. The number of carboxylic acid groups (broad SMARTS) is 2. The summed E-state index contributed by atoms with van der Waals surface area (Å²) in [5, 5.41) is 29.0. The van der Waals surface area contributed by atoms with Crippen molar-refractivity contribution in [3.8, 4) is 0 Å². The van der Waals surface area contributed by atoms with Gasteiger partial charge in [-0.25, -0.2) is 9.59 Å². The van der Waals surface area contributed by atoms with Gasteiger partial charge in [-0.2, -0.15) is 0 Å². The van der Waals surface area contributed by atoms with Crippen molar-refractivity contribution >= 4 is 11.9 Å². The molecule has 0 aromatic rings. The summed E-state index contributed by atoms with van der Waals surface area (Å²) in [4.78, 5) is 23.2. The van der Waals surface area contributed by atoms with Gasteiger partial charge in [-0.05, 0) is 32.6 Å². The number of aliphatic hydroxyl groups excluding tert-OH is 1. The molecule has 0 spiro atoms. The zero-order valence-corrected chi connectivity index (χ0v) is 14.6. The molecule has 0 saturated heterocycles. The van der Waals surface area contributed by atoms with E-state index in [1.54, 1.807) is 13.8 Å². The molecule has 2 unspecified atom stereocenters. The molecule has 134 valence electrons. The van der Waals surface area contributed by atoms with Crippen molar-refractivity contribution in [3.63, 3.8) is 0 Å². The number of unbranched alkanes of at least 4 members (excludes halogenated alkanes) is 3. The van der Waals surface area contributed by atoms with Crippen LogP contribution in [-0.4, -0.2) is 57.1 Å². The van der Waals surface area contributed by atoms with Crippen molar-refractivity contribution in [3.05, 3.63) is 12.2 Å². The maximum absolute atomic E-state index is 11.6. The normalized spacial score (nSPS) is 16.9. The molecule has 6 heteroatoms. The van der Waals surface area contributed by atoms with Gasteiger partial charge >= 0.3 is 11.9 Å². The lowest BCUT2D eigenvalue weighted by molar-refractivity contribution is -0.974. The Labute approximate surface area is 139 Å². The van der Waals surface area contributed by atoms with Crippen LogP contribution in [0.5, 0.6) is 0 Å². The van der Waals surface area contributed by atoms with Gasteiger partial charge in [-0.1, -0.05) is 26.0 Å². The Kier molecular flexibility index (Phi) is 10.5. The number of quaternary nitrogens is 1. The minimum Gasteiger partial charge on any atom is -0.477 e. The fourth-order valence-corrected chi connectivity index (χ4v) is 3.32. The van der Waals surface area contributed by atoms with Gasteiger partial charge < -0.3 is 15.3 Å². The average molecular weight is 330 g/mol. The van der Waals surface area contributed by atoms with E-state index in [-0.39, 0.29) is 17.3 Å². The molecule has 0 aliphatic carbocycles. The third-order valence-corrected chi connectivity index (χ3v) is 4.53. The first-order valence-corrected chi connectivity index (χ1v) is 8.45. The summed E-state index contributed by atoms with van der Waals surface area (Å²) in [6.45, 7) is 5.31. The quantitative estimate of drug-likeness (QED) is 0.209. The first kappa shape index (κ1) is 21.6. The van der Waals surface area contributed by atoms with Gasteiger partial charge in [-0.3, -0.25) is 4.48 Å². The van der Waals surface area contributed by atoms with Crippen molar-refractivity contribution in [1.82, 2.24) is 0 Å². The van der Waals surface area contributed by atoms with E-state index in [0.717, 1.165) is 19.3 Å². The monoisotopic (exact) mass is 330 g/mol. The van der Waals surface area contributed by atoms with Gasteiger partial charge in [0, 0.05) is 12.8 Å². The minimum absolute atomic E-state index is 0.290. The molecule has 0 rings (SSSR count). The van der Waals surface area contributed by atoms with Crippen LogP contribution in [0.3, 0.4) is 0 Å². The van der Waals surface area contributed by atoms with E-state index >= 15 is 0 Å². The van der Waals surface area contributed by atoms with Crippen LogP contribution in [0, 0.1) is 0 Å². The Bertz CT molecular complexity index is 372. The third-order valence-electron chi connectivity index (χ3n) is 4.53. The molecular formula is C17H32NO5+. The van der Waals surface area contributed by atoms with Crippen molar-refractivity contribution in [1.29, 1.82) is 0 Å². The second-order valence-corrected chi connectivity index (χ2v) is 5.91. The molecule has 2 atom stereocenters. The lowest BCUT2D eigenvalue weighted by Crippen LogP contribution is -2.66. The van der Waals surface area contributed by atoms with Gasteiger partial charge in [0.05, 0.1) is 6.54 Å². The van der Waals surface area contributed by atoms with Gasteiger partial charge in [-0.15, -0.1) is 0 Å². The Hall–Kier alpha value is -1.40. The van der Waals surface area contributed by atoms with Gasteiger partial charge in [0.15, 0.2) is 18.8 Å². The summed E-state index contributed by atoms with van der Waals surface area (Å²) in [7, 11) is 0. The summed E-state index contributed by atoms with van der Waals surface area (Å²) in [6.07, 6.45) is 8.17. The van der Waals surface area contributed by atoms with Crippen LogP contribution in [0.4, 0.5) is 0 Å². The molecule has 0 aliphatic rings. The Morgan fingerprint density at radius 3 is 1.87 bits per heavy atom. The number of aliphatic carboxylic acids is 2. The molecule has 6 nitrogen and oxygen atoms in total. The molecule has 3 N–H and O–H groups in total. The van der Waals surface area contributed by atoms with Gasteiger partial charge in [0.1, 0.15) is 0 Å². The predicted octanol–water partition coefficient (Wildman–Crippen LogP) is 2.62. The van der Waals surface area contributed by atoms with Crippen LogP contribution in [0.15, 0.2) is 12.2 Å². The summed E-state index contributed by atoms with van der Waals surface area (Å²) < 4.78 is -0.290. The highest BCUT2D eigenvalue weighted by atomic mass is 16.4. The lowest BCUT2D eigenvalue weighted by Gasteiger charge is -2.44. The zero-order chi connectivity index (χ0) is 17.9. The van der Waals surface area contributed by atoms with E-state index in [0.29, 0.717) is 13.0 Å². The topological polar surface area (TPSA) is 94.8 Å². The predicted molar refractivity (Wildman–Crippen MR) is 88.9 cm³/mol. The lowest BCUT2D eigenvalue weighted by atomic mass is 10.0. The van der Waals surface area contributed by atoms with Crippen molar-refractivity contribution < 1.29 is 29.4 Å². The van der Waals surface area contributed by atoms with Crippen molar-refractivity contribution in [2.45, 2.75) is 71.4 Å². The van der Waals surface area contributed by atoms with E-state index in [1.807, 2.05) is 13.0 Å². The fourth-order valence-electron chi connectivity index (χ4n) is 3.32. The standard InChI is InChI=1S/C17H31NO5/c1-4-7-8-9-10-11-12-18(13-19,14(5-2)16(20)21)15(6-3)17(22)23/h4,7,14-15,19H,5-6,8-13H2,1-3H3,(H-,20,21,22,23)/p+1/b7-4+. The molecule has 0 fully saturated rings. The van der Waals surface area contributed by atoms with E-state index in [9.17, 15) is 24.9 Å². The van der Waals surface area contributed by atoms with Crippen LogP contribution in [0.1, 0.15) is 59.3 Å². The van der Waals surface area contributed by atoms with Crippen LogP contribution >= 0.6 is 0 Å². The van der Waals surface area contributed by atoms with E-state index in [2.05, 4.69) is 6.08 Å². The number of carboxylic acids is 2. The molecule has 0 aromatic carbocycles. The number of hydrogen-bond acceptors (Lipinski definition) is 3. The molecule has 0 aromatic heterocycles. The molecule has 0 heterocycles. The summed E-state index contributed by atoms with van der Waals surface area (Å²) >= 11 is 0. The zero-order valence-electron chi connectivity index (χ0n) is 14.6. The molecular weight excluding hydrogens is 298 g/mol. The number of carbonyl (C=O) groups is 2. The Morgan fingerprint density at radius 2 is 1.52 bits per heavy atom. The number of rotatable bonds is 13. The molecule has 23 heavy (non-hydrogen) atoms. The van der Waals surface area contributed by atoms with Gasteiger partial charge in [0.2, 0.25) is 0 Å². The first-order valence-electron chi connectivity index (χ1n) is 8.45. The van der Waals surface area contributed by atoms with Gasteiger partial charge in [0.25, 0.3) is 0 Å². The molecule has 0 saturated carbocycles. The Morgan fingerprint density at radius 1 is 1.00 bits per heavy atom. The van der Waals surface area contributed by atoms with Crippen LogP contribution in [0.2, 0.25) is 0 Å². The smallest absolute Gasteiger partial charge is 0.362 e. The van der Waals surface area contributed by atoms with Crippen LogP contribution in [-0.2, 0) is 9.59 Å². The average Bonchev–Trinajstić information content (AvgIpc) is 2.50. The molecule has 0 amide bonds. The highest BCUT2D eigenvalue weighted by Gasteiger charge is 2.48. The number of hydrogen-bond donors (Lipinski definition) is 3. The fraction of sp³-hybridized carbons (Fsp3) is 0.765. The third kappa shape index (κ3) is 5.95.